The topological polar surface area (TPSA) is 198 Å². The van der Waals surface area contributed by atoms with Gasteiger partial charge in [0.25, 0.3) is 0 Å². The predicted octanol–water partition coefficient (Wildman–Crippen LogP) is 8.85. The van der Waals surface area contributed by atoms with E-state index in [4.69, 9.17) is 24.3 Å². The maximum atomic E-state index is 14.1. The number of aliphatic hydroxyl groups is 1. The molecule has 4 rings (SSSR count). The normalized spacial score (nSPS) is 19.7. The van der Waals surface area contributed by atoms with Gasteiger partial charge in [-0.15, -0.1) is 0 Å². The lowest BCUT2D eigenvalue weighted by molar-refractivity contribution is -0.0531. The molecule has 13 nitrogen and oxygen atoms in total. The summed E-state index contributed by atoms with van der Waals surface area (Å²) in [4.78, 5) is 14.6. The number of fused-ring (bicyclic) bond motifs is 1. The van der Waals surface area contributed by atoms with Gasteiger partial charge in [0.15, 0.2) is 11.4 Å². The molecule has 314 valence electrons. The summed E-state index contributed by atoms with van der Waals surface area (Å²) in [5.41, 5.74) is 5.92. The molecule has 1 fully saturated rings. The highest BCUT2D eigenvalue weighted by Crippen LogP contribution is 2.46. The van der Waals surface area contributed by atoms with Crippen molar-refractivity contribution in [1.29, 1.82) is 10.5 Å². The van der Waals surface area contributed by atoms with Crippen LogP contribution in [0.2, 0.25) is 0 Å². The first-order chi connectivity index (χ1) is 27.6. The Balaban J connectivity index is 1.18. The van der Waals surface area contributed by atoms with Gasteiger partial charge in [0.05, 0.1) is 43.3 Å². The fourth-order valence-electron chi connectivity index (χ4n) is 7.36. The van der Waals surface area contributed by atoms with Crippen LogP contribution in [0.4, 0.5) is 10.2 Å². The molecule has 3 aromatic rings. The smallest absolute Gasteiger partial charge is 0.390 e. The van der Waals surface area contributed by atoms with Crippen molar-refractivity contribution in [3.05, 3.63) is 59.3 Å². The first-order valence-corrected chi connectivity index (χ1v) is 22.3. The van der Waals surface area contributed by atoms with E-state index in [2.05, 4.69) is 23.1 Å². The van der Waals surface area contributed by atoms with Gasteiger partial charge in [-0.3, -0.25) is 9.05 Å². The average molecular weight is 813 g/mol. The Morgan fingerprint density at radius 2 is 1.63 bits per heavy atom. The standard InChI is InChI=1S/C42H62FN6O7P/c1-2-3-4-5-6-7-8-9-10-11-12-13-14-15-16-17-22-53-28-34(19-18-33-23-35(27-44)25-36(43)24-33)29-54-57(51,52)55-30-39-38(50)26-42(31-45,56-39)40-21-20-37-41(46)47-32-48-49(37)40/h20-21,23-25,32,34,38-39,50H,2-19,22,26,28-30H2,1H3,(H,51,52)(H2,46,47,48)/t34-,38+,39-,42+/m1/s1. The maximum Gasteiger partial charge on any atom is 0.472 e. The third kappa shape index (κ3) is 15.3. The van der Waals surface area contributed by atoms with E-state index < -0.39 is 38.1 Å². The van der Waals surface area contributed by atoms with Gasteiger partial charge >= 0.3 is 7.82 Å². The number of phosphoric ester groups is 1. The van der Waals surface area contributed by atoms with E-state index in [9.17, 15) is 29.5 Å². The molecule has 4 N–H and O–H groups in total. The fraction of sp³-hybridized carbons (Fsp3) is 0.667. The lowest BCUT2D eigenvalue weighted by atomic mass is 9.96. The minimum absolute atomic E-state index is 0.142. The van der Waals surface area contributed by atoms with Crippen LogP contribution in [0.1, 0.15) is 139 Å². The minimum atomic E-state index is -4.65. The summed E-state index contributed by atoms with van der Waals surface area (Å²) >= 11 is 0. The van der Waals surface area contributed by atoms with Crippen molar-refractivity contribution in [3.63, 3.8) is 0 Å². The molecule has 1 saturated heterocycles. The number of aliphatic hydroxyl groups excluding tert-OH is 1. The van der Waals surface area contributed by atoms with Gasteiger partial charge in [0.1, 0.15) is 29.8 Å². The number of nitrogen functional groups attached to an aromatic ring is 1. The number of benzene rings is 1. The molecule has 0 aliphatic carbocycles. The van der Waals surface area contributed by atoms with Crippen molar-refractivity contribution < 1.29 is 37.5 Å². The summed E-state index contributed by atoms with van der Waals surface area (Å²) in [7, 11) is -4.65. The number of halogens is 1. The zero-order chi connectivity index (χ0) is 40.9. The molecule has 57 heavy (non-hydrogen) atoms. The van der Waals surface area contributed by atoms with E-state index >= 15 is 0 Å². The Morgan fingerprint density at radius 3 is 2.26 bits per heavy atom. The number of aryl methyl sites for hydroxylation is 1. The molecule has 5 atom stereocenters. The number of nitrogens with two attached hydrogens (primary N) is 1. The van der Waals surface area contributed by atoms with Crippen LogP contribution in [-0.4, -0.2) is 63.2 Å². The van der Waals surface area contributed by atoms with E-state index in [0.29, 0.717) is 36.2 Å². The summed E-state index contributed by atoms with van der Waals surface area (Å²) in [6, 6.07) is 11.5. The molecular formula is C42H62FN6O7P. The van der Waals surface area contributed by atoms with Crippen LogP contribution in [0.3, 0.4) is 0 Å². The van der Waals surface area contributed by atoms with Crippen LogP contribution in [0, 0.1) is 34.4 Å². The van der Waals surface area contributed by atoms with Gasteiger partial charge in [0.2, 0.25) is 0 Å². The quantitative estimate of drug-likeness (QED) is 0.0445. The molecule has 3 heterocycles. The summed E-state index contributed by atoms with van der Waals surface area (Å²) in [5.74, 6) is -0.655. The zero-order valence-electron chi connectivity index (χ0n) is 33.5. The summed E-state index contributed by atoms with van der Waals surface area (Å²) in [6.45, 7) is 2.31. The Bertz CT molecular complexity index is 1780. The van der Waals surface area contributed by atoms with Crippen molar-refractivity contribution in [2.24, 2.45) is 5.92 Å². The van der Waals surface area contributed by atoms with E-state index in [1.807, 2.05) is 6.07 Å². The number of anilines is 1. The van der Waals surface area contributed by atoms with Crippen LogP contribution in [0.25, 0.3) is 5.52 Å². The van der Waals surface area contributed by atoms with E-state index in [1.165, 1.54) is 106 Å². The third-order valence-electron chi connectivity index (χ3n) is 10.7. The lowest BCUT2D eigenvalue weighted by Gasteiger charge is -2.22. The molecule has 1 aliphatic rings. The number of hydrogen-bond acceptors (Lipinski definition) is 11. The van der Waals surface area contributed by atoms with Crippen LogP contribution in [0.5, 0.6) is 0 Å². The molecule has 2 aromatic heterocycles. The number of phosphoric acid groups is 1. The average Bonchev–Trinajstić information content (AvgIpc) is 3.79. The van der Waals surface area contributed by atoms with Crippen LogP contribution >= 0.6 is 7.82 Å². The molecule has 0 radical (unpaired) electrons. The van der Waals surface area contributed by atoms with Gasteiger partial charge in [-0.25, -0.2) is 18.5 Å². The van der Waals surface area contributed by atoms with Gasteiger partial charge in [0, 0.05) is 18.9 Å². The molecule has 0 amide bonds. The molecular weight excluding hydrogens is 750 g/mol. The molecule has 1 aromatic carbocycles. The Hall–Kier alpha value is -3.46. The summed E-state index contributed by atoms with van der Waals surface area (Å²) in [5, 5.41) is 34.4. The van der Waals surface area contributed by atoms with E-state index in [-0.39, 0.29) is 36.9 Å². The second-order valence-electron chi connectivity index (χ2n) is 15.3. The highest BCUT2D eigenvalue weighted by Gasteiger charge is 2.50. The summed E-state index contributed by atoms with van der Waals surface area (Å²) < 4.78 is 51.2. The number of ether oxygens (including phenoxy) is 2. The lowest BCUT2D eigenvalue weighted by Crippen LogP contribution is -2.29. The van der Waals surface area contributed by atoms with Crippen molar-refractivity contribution >= 4 is 19.2 Å². The second kappa shape index (κ2) is 24.5. The van der Waals surface area contributed by atoms with Crippen molar-refractivity contribution in [2.45, 2.75) is 147 Å². The van der Waals surface area contributed by atoms with Crippen molar-refractivity contribution in [2.75, 3.05) is 32.2 Å². The molecule has 1 aliphatic heterocycles. The van der Waals surface area contributed by atoms with Crippen LogP contribution < -0.4 is 5.73 Å². The Kier molecular flexibility index (Phi) is 19.8. The SMILES string of the molecule is CCCCCCCCCCCCCCCCCCOC[C@@H](CCc1cc(F)cc(C#N)c1)COP(=O)(O)OC[C@H]1O[C@@](C#N)(c2ccc3c(N)ncnn23)C[C@@H]1O. The van der Waals surface area contributed by atoms with Gasteiger partial charge in [-0.05, 0) is 55.2 Å². The zero-order valence-corrected chi connectivity index (χ0v) is 34.4. The van der Waals surface area contributed by atoms with Gasteiger partial charge in [-0.1, -0.05) is 103 Å². The predicted molar refractivity (Wildman–Crippen MR) is 215 cm³/mol. The van der Waals surface area contributed by atoms with Crippen molar-refractivity contribution in [3.8, 4) is 12.1 Å². The number of hydrogen-bond donors (Lipinski definition) is 3. The highest BCUT2D eigenvalue weighted by atomic mass is 31.2. The van der Waals surface area contributed by atoms with Crippen LogP contribution in [0.15, 0.2) is 36.7 Å². The second-order valence-corrected chi connectivity index (χ2v) is 16.8. The summed E-state index contributed by atoms with van der Waals surface area (Å²) in [6.07, 6.45) is 20.0. The van der Waals surface area contributed by atoms with Crippen molar-refractivity contribution in [1.82, 2.24) is 14.6 Å². The van der Waals surface area contributed by atoms with E-state index in [1.54, 1.807) is 18.2 Å². The molecule has 0 bridgehead atoms. The fourth-order valence-corrected chi connectivity index (χ4v) is 8.17. The van der Waals surface area contributed by atoms with Gasteiger partial charge in [-0.2, -0.15) is 15.6 Å². The molecule has 15 heteroatoms. The monoisotopic (exact) mass is 812 g/mol. The number of nitrogens with zero attached hydrogens (tertiary/aromatic N) is 5. The Labute approximate surface area is 337 Å². The number of rotatable bonds is 29. The number of aromatic nitrogens is 3. The largest absolute Gasteiger partial charge is 0.472 e. The molecule has 0 spiro atoms. The molecule has 0 saturated carbocycles. The highest BCUT2D eigenvalue weighted by molar-refractivity contribution is 7.47. The van der Waals surface area contributed by atoms with E-state index in [0.717, 1.165) is 19.3 Å². The first-order valence-electron chi connectivity index (χ1n) is 20.8. The Morgan fingerprint density at radius 1 is 0.982 bits per heavy atom. The first kappa shape index (κ1) is 46.2. The number of unbranched alkanes of at least 4 members (excludes halogenated alkanes) is 15. The van der Waals surface area contributed by atoms with Crippen LogP contribution in [-0.2, 0) is 35.1 Å². The third-order valence-corrected chi connectivity index (χ3v) is 11.6. The van der Waals surface area contributed by atoms with Gasteiger partial charge < -0.3 is 25.2 Å². The molecule has 1 unspecified atom stereocenters. The number of nitriles is 2. The maximum absolute atomic E-state index is 14.1. The minimum Gasteiger partial charge on any atom is -0.390 e.